The Hall–Kier alpha value is -0.160. The summed E-state index contributed by atoms with van der Waals surface area (Å²) >= 11 is 0. The number of aliphatic hydroxyl groups is 1. The van der Waals surface area contributed by atoms with Gasteiger partial charge in [0.2, 0.25) is 0 Å². The van der Waals surface area contributed by atoms with Crippen molar-refractivity contribution in [1.29, 1.82) is 0 Å². The molecule has 0 amide bonds. The zero-order valence-corrected chi connectivity index (χ0v) is 14.0. The molecule has 116 valence electrons. The van der Waals surface area contributed by atoms with Crippen LogP contribution in [0.5, 0.6) is 0 Å². The number of hydrogen-bond donors (Lipinski definition) is 2. The Bertz CT molecular complexity index is 235. The maximum atomic E-state index is 9.61. The van der Waals surface area contributed by atoms with Gasteiger partial charge in [-0.2, -0.15) is 0 Å². The van der Waals surface area contributed by atoms with Crippen molar-refractivity contribution < 1.29 is 5.11 Å². The molecule has 0 spiro atoms. The predicted octanol–water partition coefficient (Wildman–Crippen LogP) is 1.40. The standard InChI is InChI=1S/C15H35N3O/c1-8-16-15(5,12-19)10-13(3)18(9-2)14(4)11-17(6)7/h13-14,16,19H,8-12H2,1-7H3. The molecule has 0 fully saturated rings. The van der Waals surface area contributed by atoms with Crippen LogP contribution in [0.25, 0.3) is 0 Å². The summed E-state index contributed by atoms with van der Waals surface area (Å²) < 4.78 is 0. The highest BCUT2D eigenvalue weighted by Gasteiger charge is 2.28. The van der Waals surface area contributed by atoms with Crippen molar-refractivity contribution in [1.82, 2.24) is 15.1 Å². The minimum absolute atomic E-state index is 0.181. The van der Waals surface area contributed by atoms with Crippen molar-refractivity contribution >= 4 is 0 Å². The summed E-state index contributed by atoms with van der Waals surface area (Å²) in [4.78, 5) is 4.75. The van der Waals surface area contributed by atoms with Crippen LogP contribution in [0.15, 0.2) is 0 Å². The van der Waals surface area contributed by atoms with Crippen LogP contribution < -0.4 is 5.32 Å². The van der Waals surface area contributed by atoms with Gasteiger partial charge >= 0.3 is 0 Å². The summed E-state index contributed by atoms with van der Waals surface area (Å²) in [6.45, 7) is 14.1. The van der Waals surface area contributed by atoms with Crippen molar-refractivity contribution in [2.45, 2.75) is 58.7 Å². The van der Waals surface area contributed by atoms with Gasteiger partial charge in [-0.3, -0.25) is 4.90 Å². The van der Waals surface area contributed by atoms with Crippen molar-refractivity contribution in [3.05, 3.63) is 0 Å². The molecule has 0 saturated carbocycles. The van der Waals surface area contributed by atoms with E-state index in [0.717, 1.165) is 26.1 Å². The van der Waals surface area contributed by atoms with Crippen molar-refractivity contribution in [3.8, 4) is 0 Å². The molecule has 0 radical (unpaired) electrons. The third-order valence-corrected chi connectivity index (χ3v) is 3.83. The third kappa shape index (κ3) is 6.70. The number of hydrogen-bond acceptors (Lipinski definition) is 4. The van der Waals surface area contributed by atoms with Crippen LogP contribution >= 0.6 is 0 Å². The average Bonchev–Trinajstić information content (AvgIpc) is 2.28. The molecule has 0 heterocycles. The second kappa shape index (κ2) is 8.90. The van der Waals surface area contributed by atoms with Gasteiger partial charge in [-0.25, -0.2) is 0 Å². The molecule has 3 atom stereocenters. The molecule has 0 rings (SSSR count). The fraction of sp³-hybridized carbons (Fsp3) is 1.00. The molecule has 0 aliphatic rings. The van der Waals surface area contributed by atoms with E-state index in [1.165, 1.54) is 0 Å². The van der Waals surface area contributed by atoms with Crippen LogP contribution in [0.4, 0.5) is 0 Å². The first kappa shape index (κ1) is 18.8. The monoisotopic (exact) mass is 273 g/mol. The topological polar surface area (TPSA) is 38.7 Å². The Morgan fingerprint density at radius 1 is 1.16 bits per heavy atom. The Morgan fingerprint density at radius 2 is 1.74 bits per heavy atom. The summed E-state index contributed by atoms with van der Waals surface area (Å²) in [6, 6.07) is 0.982. The minimum Gasteiger partial charge on any atom is -0.394 e. The van der Waals surface area contributed by atoms with Crippen molar-refractivity contribution in [2.24, 2.45) is 0 Å². The number of nitrogens with one attached hydrogen (secondary N) is 1. The van der Waals surface area contributed by atoms with E-state index < -0.39 is 0 Å². The Balaban J connectivity index is 4.61. The normalized spacial score (nSPS) is 18.6. The molecule has 0 bridgehead atoms. The fourth-order valence-electron chi connectivity index (χ4n) is 3.08. The van der Waals surface area contributed by atoms with Crippen LogP contribution in [0, 0.1) is 0 Å². The van der Waals surface area contributed by atoms with Gasteiger partial charge in [0, 0.05) is 24.2 Å². The van der Waals surface area contributed by atoms with Crippen LogP contribution in [0.1, 0.15) is 41.0 Å². The van der Waals surface area contributed by atoms with Gasteiger partial charge in [-0.05, 0) is 54.4 Å². The van der Waals surface area contributed by atoms with Gasteiger partial charge in [-0.1, -0.05) is 13.8 Å². The van der Waals surface area contributed by atoms with Gasteiger partial charge in [0.25, 0.3) is 0 Å². The first-order chi connectivity index (χ1) is 8.79. The molecule has 4 heteroatoms. The van der Waals surface area contributed by atoms with Gasteiger partial charge in [0.15, 0.2) is 0 Å². The highest BCUT2D eigenvalue weighted by atomic mass is 16.3. The van der Waals surface area contributed by atoms with Gasteiger partial charge in [-0.15, -0.1) is 0 Å². The fourth-order valence-corrected chi connectivity index (χ4v) is 3.08. The molecule has 4 nitrogen and oxygen atoms in total. The zero-order valence-electron chi connectivity index (χ0n) is 14.0. The molecule has 19 heavy (non-hydrogen) atoms. The summed E-state index contributed by atoms with van der Waals surface area (Å²) in [5.74, 6) is 0. The first-order valence-electron chi connectivity index (χ1n) is 7.56. The van der Waals surface area contributed by atoms with E-state index in [-0.39, 0.29) is 12.1 Å². The molecule has 0 aromatic rings. The summed E-state index contributed by atoms with van der Waals surface area (Å²) in [7, 11) is 4.23. The maximum Gasteiger partial charge on any atom is 0.0611 e. The van der Waals surface area contributed by atoms with E-state index in [1.807, 2.05) is 0 Å². The van der Waals surface area contributed by atoms with Gasteiger partial charge in [0.1, 0.15) is 0 Å². The zero-order chi connectivity index (χ0) is 15.1. The molecule has 0 aliphatic carbocycles. The number of aliphatic hydroxyl groups excluding tert-OH is 1. The van der Waals surface area contributed by atoms with Crippen LogP contribution in [-0.4, -0.2) is 72.9 Å². The smallest absolute Gasteiger partial charge is 0.0611 e. The van der Waals surface area contributed by atoms with E-state index >= 15 is 0 Å². The van der Waals surface area contributed by atoms with Crippen molar-refractivity contribution in [2.75, 3.05) is 40.3 Å². The van der Waals surface area contributed by atoms with E-state index in [0.29, 0.717) is 12.1 Å². The molecular weight excluding hydrogens is 238 g/mol. The average molecular weight is 273 g/mol. The van der Waals surface area contributed by atoms with E-state index in [2.05, 4.69) is 63.8 Å². The summed E-state index contributed by atoms with van der Waals surface area (Å²) in [5.41, 5.74) is -0.181. The first-order valence-corrected chi connectivity index (χ1v) is 7.56. The van der Waals surface area contributed by atoms with E-state index in [9.17, 15) is 5.11 Å². The number of rotatable bonds is 10. The Kier molecular flexibility index (Phi) is 8.83. The largest absolute Gasteiger partial charge is 0.394 e. The highest BCUT2D eigenvalue weighted by molar-refractivity contribution is 4.88. The molecule has 3 unspecified atom stereocenters. The minimum atomic E-state index is -0.181. The molecular formula is C15H35N3O. The van der Waals surface area contributed by atoms with Crippen LogP contribution in [-0.2, 0) is 0 Å². The van der Waals surface area contributed by atoms with Gasteiger partial charge in [0.05, 0.1) is 6.61 Å². The molecule has 0 aromatic heterocycles. The van der Waals surface area contributed by atoms with Crippen molar-refractivity contribution in [3.63, 3.8) is 0 Å². The number of nitrogens with zero attached hydrogens (tertiary/aromatic N) is 2. The highest BCUT2D eigenvalue weighted by Crippen LogP contribution is 2.18. The molecule has 0 aliphatic heterocycles. The SMILES string of the molecule is CCNC(C)(CO)CC(C)N(CC)C(C)CN(C)C. The lowest BCUT2D eigenvalue weighted by molar-refractivity contribution is 0.0871. The lowest BCUT2D eigenvalue weighted by Gasteiger charge is -2.39. The Morgan fingerprint density at radius 3 is 2.11 bits per heavy atom. The predicted molar refractivity (Wildman–Crippen MR) is 83.6 cm³/mol. The maximum absolute atomic E-state index is 9.61. The second-order valence-corrected chi connectivity index (χ2v) is 6.24. The Labute approximate surface area is 120 Å². The molecule has 2 N–H and O–H groups in total. The molecule has 0 aromatic carbocycles. The van der Waals surface area contributed by atoms with Gasteiger partial charge < -0.3 is 15.3 Å². The second-order valence-electron chi connectivity index (χ2n) is 6.24. The lowest BCUT2D eigenvalue weighted by atomic mass is 9.93. The summed E-state index contributed by atoms with van der Waals surface area (Å²) in [6.07, 6.45) is 0.961. The third-order valence-electron chi connectivity index (χ3n) is 3.83. The quantitative estimate of drug-likeness (QED) is 0.631. The van der Waals surface area contributed by atoms with E-state index in [4.69, 9.17) is 0 Å². The molecule has 0 saturated heterocycles. The van der Waals surface area contributed by atoms with E-state index in [1.54, 1.807) is 0 Å². The van der Waals surface area contributed by atoms with Crippen LogP contribution in [0.3, 0.4) is 0 Å². The lowest BCUT2D eigenvalue weighted by Crippen LogP contribution is -2.53. The number of likely N-dealkylation sites (N-methyl/N-ethyl adjacent to an activating group) is 3. The summed E-state index contributed by atoms with van der Waals surface area (Å²) in [5, 5.41) is 13.0. The van der Waals surface area contributed by atoms with Crippen LogP contribution in [0.2, 0.25) is 0 Å².